The van der Waals surface area contributed by atoms with Crippen molar-refractivity contribution in [2.75, 3.05) is 7.11 Å². The average molecular weight is 279 g/mol. The van der Waals surface area contributed by atoms with Crippen LogP contribution in [0.25, 0.3) is 5.78 Å². The van der Waals surface area contributed by atoms with Gasteiger partial charge in [0.1, 0.15) is 18.0 Å². The van der Waals surface area contributed by atoms with Crippen LogP contribution in [-0.4, -0.2) is 26.7 Å². The molecule has 1 aromatic carbocycles. The Morgan fingerprint density at radius 1 is 1.29 bits per heavy atom. The Balaban J connectivity index is 2.13. The van der Waals surface area contributed by atoms with E-state index in [0.29, 0.717) is 5.78 Å². The van der Waals surface area contributed by atoms with E-state index < -0.39 is 5.92 Å². The van der Waals surface area contributed by atoms with Crippen LogP contribution >= 0.6 is 0 Å². The van der Waals surface area contributed by atoms with Gasteiger partial charge in [-0.3, -0.25) is 0 Å². The van der Waals surface area contributed by atoms with Gasteiger partial charge in [0.15, 0.2) is 0 Å². The van der Waals surface area contributed by atoms with E-state index >= 15 is 0 Å². The Hall–Kier alpha value is -2.94. The summed E-state index contributed by atoms with van der Waals surface area (Å²) in [5.74, 6) is 0.813. The van der Waals surface area contributed by atoms with Crippen molar-refractivity contribution in [2.24, 2.45) is 0 Å². The third kappa shape index (κ3) is 2.30. The molecule has 0 saturated carbocycles. The number of methoxy groups -OCH3 is 1. The summed E-state index contributed by atoms with van der Waals surface area (Å²) in [5.41, 5.74) is 2.43. The predicted molar refractivity (Wildman–Crippen MR) is 76.0 cm³/mol. The second-order valence-electron chi connectivity index (χ2n) is 4.63. The molecule has 2 aromatic heterocycles. The predicted octanol–water partition coefficient (Wildman–Crippen LogP) is 2.10. The van der Waals surface area contributed by atoms with E-state index in [0.717, 1.165) is 22.7 Å². The molecule has 0 amide bonds. The molecule has 6 nitrogen and oxygen atoms in total. The maximum absolute atomic E-state index is 9.58. The minimum Gasteiger partial charge on any atom is -0.497 e. The van der Waals surface area contributed by atoms with E-state index in [1.807, 2.05) is 37.3 Å². The van der Waals surface area contributed by atoms with E-state index in [9.17, 15) is 5.26 Å². The molecule has 2 heterocycles. The summed E-state index contributed by atoms with van der Waals surface area (Å²) < 4.78 is 6.75. The normalized spacial score (nSPS) is 12.0. The highest BCUT2D eigenvalue weighted by molar-refractivity contribution is 5.41. The molecule has 104 valence electrons. The molecule has 21 heavy (non-hydrogen) atoms. The summed E-state index contributed by atoms with van der Waals surface area (Å²) >= 11 is 0. The highest BCUT2D eigenvalue weighted by atomic mass is 16.5. The highest BCUT2D eigenvalue weighted by Gasteiger charge is 2.19. The SMILES string of the molecule is COc1ccc([C@@H](C#N)c2cc(C)nc3ncnn23)cc1. The van der Waals surface area contributed by atoms with Gasteiger partial charge in [0.2, 0.25) is 0 Å². The van der Waals surface area contributed by atoms with Gasteiger partial charge in [0.25, 0.3) is 5.78 Å². The van der Waals surface area contributed by atoms with Crippen molar-refractivity contribution >= 4 is 5.78 Å². The van der Waals surface area contributed by atoms with Crippen molar-refractivity contribution in [2.45, 2.75) is 12.8 Å². The molecule has 1 atom stereocenters. The second kappa shape index (κ2) is 5.21. The fraction of sp³-hybridized carbons (Fsp3) is 0.200. The molecular formula is C15H13N5O. The van der Waals surface area contributed by atoms with Crippen molar-refractivity contribution in [3.63, 3.8) is 0 Å². The molecule has 0 radical (unpaired) electrons. The van der Waals surface area contributed by atoms with E-state index in [-0.39, 0.29) is 0 Å². The first-order chi connectivity index (χ1) is 10.2. The summed E-state index contributed by atoms with van der Waals surface area (Å²) in [6, 6.07) is 11.6. The molecule has 0 fully saturated rings. The monoisotopic (exact) mass is 279 g/mol. The standard InChI is InChI=1S/C15H13N5O/c1-10-7-14(20-15(19-10)17-9-18-20)13(8-16)11-3-5-12(21-2)6-4-11/h3-7,9,13H,1-2H3/t13-/m1/s1. The maximum atomic E-state index is 9.58. The molecule has 0 aliphatic carbocycles. The number of aryl methyl sites for hydroxylation is 1. The molecule has 0 aliphatic rings. The Kier molecular flexibility index (Phi) is 3.24. The van der Waals surface area contributed by atoms with Crippen LogP contribution in [0.3, 0.4) is 0 Å². The zero-order chi connectivity index (χ0) is 14.8. The number of hydrogen-bond acceptors (Lipinski definition) is 5. The summed E-state index contributed by atoms with van der Waals surface area (Å²) in [7, 11) is 1.61. The highest BCUT2D eigenvalue weighted by Crippen LogP contribution is 2.26. The lowest BCUT2D eigenvalue weighted by molar-refractivity contribution is 0.414. The summed E-state index contributed by atoms with van der Waals surface area (Å²) in [5, 5.41) is 13.7. The number of aromatic nitrogens is 4. The van der Waals surface area contributed by atoms with Crippen LogP contribution in [0, 0.1) is 18.3 Å². The van der Waals surface area contributed by atoms with Gasteiger partial charge in [0, 0.05) is 5.69 Å². The topological polar surface area (TPSA) is 76.1 Å². The lowest BCUT2D eigenvalue weighted by Crippen LogP contribution is -2.08. The summed E-state index contributed by atoms with van der Waals surface area (Å²) in [6.07, 6.45) is 1.44. The zero-order valence-electron chi connectivity index (χ0n) is 11.7. The Morgan fingerprint density at radius 2 is 2.05 bits per heavy atom. The van der Waals surface area contributed by atoms with Crippen LogP contribution < -0.4 is 4.74 Å². The molecule has 0 N–H and O–H groups in total. The van der Waals surface area contributed by atoms with Gasteiger partial charge in [-0.25, -0.2) is 4.98 Å². The third-order valence-electron chi connectivity index (χ3n) is 3.28. The first kappa shape index (κ1) is 13.1. The smallest absolute Gasteiger partial charge is 0.252 e. The number of hydrogen-bond donors (Lipinski definition) is 0. The quantitative estimate of drug-likeness (QED) is 0.733. The van der Waals surface area contributed by atoms with Crippen LogP contribution in [-0.2, 0) is 0 Å². The molecular weight excluding hydrogens is 266 g/mol. The van der Waals surface area contributed by atoms with Crippen LogP contribution in [0.2, 0.25) is 0 Å². The zero-order valence-corrected chi connectivity index (χ0v) is 11.7. The Bertz CT molecular complexity index is 816. The number of rotatable bonds is 3. The van der Waals surface area contributed by atoms with Crippen LogP contribution in [0.1, 0.15) is 22.9 Å². The number of ether oxygens (including phenoxy) is 1. The molecule has 0 saturated heterocycles. The van der Waals surface area contributed by atoms with E-state index in [1.54, 1.807) is 11.6 Å². The second-order valence-corrected chi connectivity index (χ2v) is 4.63. The van der Waals surface area contributed by atoms with Crippen molar-refractivity contribution in [1.29, 1.82) is 5.26 Å². The molecule has 0 unspecified atom stereocenters. The molecule has 0 bridgehead atoms. The van der Waals surface area contributed by atoms with Gasteiger partial charge in [-0.1, -0.05) is 12.1 Å². The van der Waals surface area contributed by atoms with E-state index in [4.69, 9.17) is 4.74 Å². The number of fused-ring (bicyclic) bond motifs is 1. The van der Waals surface area contributed by atoms with Gasteiger partial charge in [-0.05, 0) is 30.7 Å². The van der Waals surface area contributed by atoms with Crippen molar-refractivity contribution in [3.8, 4) is 11.8 Å². The summed E-state index contributed by atoms with van der Waals surface area (Å²) in [6.45, 7) is 1.88. The van der Waals surface area contributed by atoms with Gasteiger partial charge in [-0.15, -0.1) is 0 Å². The number of nitriles is 1. The minimum atomic E-state index is -0.443. The average Bonchev–Trinajstić information content (AvgIpc) is 2.96. The minimum absolute atomic E-state index is 0.443. The van der Waals surface area contributed by atoms with Crippen LogP contribution in [0.4, 0.5) is 0 Å². The summed E-state index contributed by atoms with van der Waals surface area (Å²) in [4.78, 5) is 8.38. The fourth-order valence-corrected chi connectivity index (χ4v) is 2.27. The van der Waals surface area contributed by atoms with Gasteiger partial charge >= 0.3 is 0 Å². The number of benzene rings is 1. The Labute approximate surface area is 121 Å². The lowest BCUT2D eigenvalue weighted by atomic mass is 9.96. The third-order valence-corrected chi connectivity index (χ3v) is 3.28. The maximum Gasteiger partial charge on any atom is 0.252 e. The van der Waals surface area contributed by atoms with Crippen molar-refractivity contribution in [1.82, 2.24) is 19.6 Å². The van der Waals surface area contributed by atoms with E-state index in [1.165, 1.54) is 6.33 Å². The van der Waals surface area contributed by atoms with Crippen LogP contribution in [0.5, 0.6) is 5.75 Å². The molecule has 0 aliphatic heterocycles. The molecule has 0 spiro atoms. The Morgan fingerprint density at radius 3 is 2.71 bits per heavy atom. The van der Waals surface area contributed by atoms with E-state index in [2.05, 4.69) is 21.1 Å². The van der Waals surface area contributed by atoms with Gasteiger partial charge in [0.05, 0.1) is 18.9 Å². The first-order valence-electron chi connectivity index (χ1n) is 6.44. The lowest BCUT2D eigenvalue weighted by Gasteiger charge is -2.12. The van der Waals surface area contributed by atoms with Crippen LogP contribution in [0.15, 0.2) is 36.7 Å². The van der Waals surface area contributed by atoms with Gasteiger partial charge < -0.3 is 4.74 Å². The van der Waals surface area contributed by atoms with Crippen molar-refractivity contribution in [3.05, 3.63) is 53.6 Å². The molecule has 6 heteroatoms. The molecule has 3 aromatic rings. The van der Waals surface area contributed by atoms with Gasteiger partial charge in [-0.2, -0.15) is 19.9 Å². The van der Waals surface area contributed by atoms with Crippen molar-refractivity contribution < 1.29 is 4.74 Å². The fourth-order valence-electron chi connectivity index (χ4n) is 2.27. The first-order valence-corrected chi connectivity index (χ1v) is 6.44. The largest absolute Gasteiger partial charge is 0.497 e. The number of nitrogens with zero attached hydrogens (tertiary/aromatic N) is 5. The molecule has 3 rings (SSSR count).